The summed E-state index contributed by atoms with van der Waals surface area (Å²) in [4.78, 5) is 21.6. The minimum absolute atomic E-state index is 0.120. The highest BCUT2D eigenvalue weighted by atomic mass is 19.4. The molecule has 3 heterocycles. The summed E-state index contributed by atoms with van der Waals surface area (Å²) in [6.07, 6.45) is -4.24. The average molecular weight is 470 g/mol. The zero-order valence-corrected chi connectivity index (χ0v) is 19.2. The summed E-state index contributed by atoms with van der Waals surface area (Å²) in [7, 11) is 1.42. The lowest BCUT2D eigenvalue weighted by Crippen LogP contribution is -2.61. The Kier molecular flexibility index (Phi) is 6.77. The van der Waals surface area contributed by atoms with Crippen LogP contribution in [0.2, 0.25) is 0 Å². The van der Waals surface area contributed by atoms with Gasteiger partial charge in [0.1, 0.15) is 22.9 Å². The molecule has 2 N–H and O–H groups in total. The van der Waals surface area contributed by atoms with Crippen LogP contribution in [0.1, 0.15) is 46.1 Å². The second-order valence-electron chi connectivity index (χ2n) is 9.22. The highest BCUT2D eigenvalue weighted by Gasteiger charge is 2.52. The number of ether oxygens (including phenoxy) is 2. The molecule has 0 bridgehead atoms. The maximum Gasteiger partial charge on any atom is 0.407 e. The number of methoxy groups -OCH3 is 1. The number of pyridine rings is 2. The van der Waals surface area contributed by atoms with E-state index in [-0.39, 0.29) is 29.9 Å². The number of amides is 1. The Hall–Kier alpha value is -2.66. The molecule has 2 aromatic rings. The van der Waals surface area contributed by atoms with E-state index >= 15 is 0 Å². The number of nitrogens with one attached hydrogen (secondary N) is 1. The summed E-state index contributed by atoms with van der Waals surface area (Å²) >= 11 is 0. The van der Waals surface area contributed by atoms with Crippen LogP contribution >= 0.6 is 0 Å². The van der Waals surface area contributed by atoms with Crippen molar-refractivity contribution in [1.29, 1.82) is 0 Å². The van der Waals surface area contributed by atoms with Crippen molar-refractivity contribution in [2.75, 3.05) is 13.7 Å². The molecule has 0 radical (unpaired) electrons. The lowest BCUT2D eigenvalue weighted by atomic mass is 9.91. The van der Waals surface area contributed by atoms with Crippen LogP contribution < -0.4 is 10.1 Å². The second-order valence-corrected chi connectivity index (χ2v) is 9.22. The molecule has 0 aromatic carbocycles. The van der Waals surface area contributed by atoms with Gasteiger partial charge in [0.25, 0.3) is 0 Å². The first-order chi connectivity index (χ1) is 15.2. The Morgan fingerprint density at radius 1 is 1.21 bits per heavy atom. The summed E-state index contributed by atoms with van der Waals surface area (Å²) in [6, 6.07) is 1.90. The van der Waals surface area contributed by atoms with Gasteiger partial charge in [-0.3, -0.25) is 9.88 Å². The molecule has 1 amide bonds. The van der Waals surface area contributed by atoms with Crippen molar-refractivity contribution in [2.24, 2.45) is 0 Å². The van der Waals surface area contributed by atoms with Gasteiger partial charge in [0.2, 0.25) is 5.88 Å². The predicted molar refractivity (Wildman–Crippen MR) is 115 cm³/mol. The zero-order chi connectivity index (χ0) is 24.6. The van der Waals surface area contributed by atoms with Gasteiger partial charge in [0, 0.05) is 30.4 Å². The number of fused-ring (bicyclic) bond motifs is 1. The first-order valence-electron chi connectivity index (χ1n) is 10.6. The maximum atomic E-state index is 14.1. The van der Waals surface area contributed by atoms with E-state index in [1.165, 1.54) is 26.3 Å². The molecule has 33 heavy (non-hydrogen) atoms. The van der Waals surface area contributed by atoms with Crippen molar-refractivity contribution in [1.82, 2.24) is 20.2 Å². The molecule has 1 aliphatic rings. The zero-order valence-electron chi connectivity index (χ0n) is 19.2. The minimum atomic E-state index is -4.65. The Balaban J connectivity index is 1.91. The standard InChI is InChI=1S/C22H29F3N4O4/c1-20(2,3)33-19(30)27-13-9-11-29(16(12-13)22(23,24)25)21(4,31)14-8-10-26-15-6-7-17(32-5)28-18(14)15/h6-8,10,13,16,31H,9,11-12H2,1-5H3,(H,27,30)/t13-,16-,21?/m0/s1. The number of halogens is 3. The Morgan fingerprint density at radius 3 is 2.52 bits per heavy atom. The first kappa shape index (κ1) is 25.0. The third-order valence-corrected chi connectivity index (χ3v) is 5.54. The molecule has 3 rings (SSSR count). The number of aliphatic hydroxyl groups is 1. The van der Waals surface area contributed by atoms with Crippen molar-refractivity contribution in [3.63, 3.8) is 0 Å². The molecule has 3 atom stereocenters. The van der Waals surface area contributed by atoms with Crippen LogP contribution in [0.15, 0.2) is 24.4 Å². The van der Waals surface area contributed by atoms with Crippen LogP contribution in [0.25, 0.3) is 11.0 Å². The summed E-state index contributed by atoms with van der Waals surface area (Å²) < 4.78 is 52.6. The van der Waals surface area contributed by atoms with Crippen LogP contribution in [0.3, 0.4) is 0 Å². The average Bonchev–Trinajstić information content (AvgIpc) is 2.70. The Morgan fingerprint density at radius 2 is 1.91 bits per heavy atom. The van der Waals surface area contributed by atoms with Crippen molar-refractivity contribution in [3.05, 3.63) is 30.0 Å². The molecule has 11 heteroatoms. The minimum Gasteiger partial charge on any atom is -0.481 e. The number of nitrogens with zero attached hydrogens (tertiary/aromatic N) is 3. The third-order valence-electron chi connectivity index (χ3n) is 5.54. The largest absolute Gasteiger partial charge is 0.481 e. The van der Waals surface area contributed by atoms with E-state index in [4.69, 9.17) is 9.47 Å². The number of alkyl halides is 3. The fourth-order valence-electron chi connectivity index (χ4n) is 4.06. The number of rotatable bonds is 4. The van der Waals surface area contributed by atoms with E-state index in [1.807, 2.05) is 0 Å². The van der Waals surface area contributed by atoms with Crippen LogP contribution in [0, 0.1) is 0 Å². The monoisotopic (exact) mass is 470 g/mol. The molecule has 0 saturated carbocycles. The van der Waals surface area contributed by atoms with Crippen molar-refractivity contribution in [3.8, 4) is 5.88 Å². The van der Waals surface area contributed by atoms with E-state index < -0.39 is 42.1 Å². The third kappa shape index (κ3) is 5.64. The Labute approximate surface area is 190 Å². The lowest BCUT2D eigenvalue weighted by molar-refractivity contribution is -0.243. The van der Waals surface area contributed by atoms with Crippen molar-refractivity contribution in [2.45, 2.75) is 70.1 Å². The number of piperidine rings is 1. The molecule has 1 saturated heterocycles. The highest BCUT2D eigenvalue weighted by Crippen LogP contribution is 2.40. The molecule has 8 nitrogen and oxygen atoms in total. The molecular weight excluding hydrogens is 441 g/mol. The molecule has 0 aliphatic carbocycles. The van der Waals surface area contributed by atoms with Gasteiger partial charge in [-0.1, -0.05) is 0 Å². The van der Waals surface area contributed by atoms with Crippen molar-refractivity contribution < 1.29 is 32.5 Å². The summed E-state index contributed by atoms with van der Waals surface area (Å²) in [5.41, 5.74) is -1.94. The van der Waals surface area contributed by atoms with E-state index in [1.54, 1.807) is 32.9 Å². The normalized spacial score (nSPS) is 22.0. The summed E-state index contributed by atoms with van der Waals surface area (Å²) in [5.74, 6) is 0.250. The van der Waals surface area contributed by atoms with Gasteiger partial charge >= 0.3 is 12.3 Å². The van der Waals surface area contributed by atoms with E-state index in [0.717, 1.165) is 4.90 Å². The number of carbonyl (C=O) groups is 1. The predicted octanol–water partition coefficient (Wildman–Crippen LogP) is 3.72. The quantitative estimate of drug-likeness (QED) is 0.703. The summed E-state index contributed by atoms with van der Waals surface area (Å²) in [6.45, 7) is 6.21. The van der Waals surface area contributed by atoms with E-state index in [2.05, 4.69) is 15.3 Å². The number of aromatic nitrogens is 2. The Bertz CT molecular complexity index is 1010. The van der Waals surface area contributed by atoms with Gasteiger partial charge in [-0.2, -0.15) is 13.2 Å². The van der Waals surface area contributed by atoms with Crippen molar-refractivity contribution >= 4 is 17.1 Å². The van der Waals surface area contributed by atoms with Crippen LogP contribution in [-0.4, -0.2) is 63.6 Å². The molecule has 182 valence electrons. The molecule has 1 aliphatic heterocycles. The maximum absolute atomic E-state index is 14.1. The molecular formula is C22H29F3N4O4. The molecule has 1 fully saturated rings. The summed E-state index contributed by atoms with van der Waals surface area (Å²) in [5, 5.41) is 14.0. The van der Waals surface area contributed by atoms with Gasteiger partial charge in [0.05, 0.1) is 12.6 Å². The van der Waals surface area contributed by atoms with Gasteiger partial charge in [-0.05, 0) is 52.7 Å². The smallest absolute Gasteiger partial charge is 0.407 e. The topological polar surface area (TPSA) is 96.8 Å². The van der Waals surface area contributed by atoms with E-state index in [0.29, 0.717) is 5.52 Å². The van der Waals surface area contributed by atoms with Gasteiger partial charge in [0.15, 0.2) is 0 Å². The fourth-order valence-corrected chi connectivity index (χ4v) is 4.06. The molecule has 1 unspecified atom stereocenters. The van der Waals surface area contributed by atoms with Crippen LogP contribution in [0.5, 0.6) is 5.88 Å². The highest BCUT2D eigenvalue weighted by molar-refractivity contribution is 5.79. The molecule has 0 spiro atoms. The number of hydrogen-bond donors (Lipinski definition) is 2. The number of hydrogen-bond acceptors (Lipinski definition) is 7. The van der Waals surface area contributed by atoms with Gasteiger partial charge in [-0.25, -0.2) is 9.78 Å². The SMILES string of the molecule is COc1ccc2nccc(C(C)(O)N3CC[C@H](NC(=O)OC(C)(C)C)C[C@H]3C(F)(F)F)c2n1. The lowest BCUT2D eigenvalue weighted by Gasteiger charge is -2.47. The van der Waals surface area contributed by atoms with Gasteiger partial charge < -0.3 is 19.9 Å². The second kappa shape index (κ2) is 8.94. The van der Waals surface area contributed by atoms with Gasteiger partial charge in [-0.15, -0.1) is 0 Å². The first-order valence-corrected chi connectivity index (χ1v) is 10.6. The van der Waals surface area contributed by atoms with Crippen LogP contribution in [0.4, 0.5) is 18.0 Å². The number of carbonyl (C=O) groups excluding carboxylic acids is 1. The fraction of sp³-hybridized carbons (Fsp3) is 0.591. The number of alkyl carbamates (subject to hydrolysis) is 1. The van der Waals surface area contributed by atoms with Crippen LogP contribution in [-0.2, 0) is 10.5 Å². The van der Waals surface area contributed by atoms with E-state index in [9.17, 15) is 23.1 Å². The number of likely N-dealkylation sites (tertiary alicyclic amines) is 1. The molecule has 2 aromatic heterocycles.